The van der Waals surface area contributed by atoms with E-state index in [0.29, 0.717) is 17.9 Å². The van der Waals surface area contributed by atoms with Crippen molar-refractivity contribution in [3.8, 4) is 5.75 Å². The first-order valence-electron chi connectivity index (χ1n) is 7.40. The molecular weight excluding hydrogens is 410 g/mol. The first-order valence-corrected chi connectivity index (χ1v) is 9.01. The average molecular weight is 426 g/mol. The Morgan fingerprint density at radius 2 is 2.16 bits per heavy atom. The van der Waals surface area contributed by atoms with E-state index in [2.05, 4.69) is 22.5 Å². The van der Waals surface area contributed by atoms with Gasteiger partial charge in [-0.2, -0.15) is 0 Å². The summed E-state index contributed by atoms with van der Waals surface area (Å²) in [7, 11) is 0. The van der Waals surface area contributed by atoms with E-state index < -0.39 is 23.7 Å². The second-order valence-electron chi connectivity index (χ2n) is 4.85. The molecule has 0 unspecified atom stereocenters. The number of nitrogens with zero attached hydrogens (tertiary/aromatic N) is 1. The molecule has 0 aliphatic carbocycles. The first-order chi connectivity index (χ1) is 12.0. The predicted octanol–water partition coefficient (Wildman–Crippen LogP) is 3.61. The Labute approximate surface area is 158 Å². The number of imide groups is 1. The van der Waals surface area contributed by atoms with Gasteiger partial charge in [0.1, 0.15) is 18.9 Å². The molecule has 1 aromatic rings. The topological polar surface area (TPSA) is 72.9 Å². The van der Waals surface area contributed by atoms with Crippen molar-refractivity contribution in [1.29, 1.82) is 0 Å². The maximum Gasteiger partial charge on any atom is 0.326 e. The Morgan fingerprint density at radius 3 is 2.84 bits per heavy atom. The van der Waals surface area contributed by atoms with Gasteiger partial charge in [0.25, 0.3) is 11.1 Å². The van der Waals surface area contributed by atoms with Crippen molar-refractivity contribution in [1.82, 2.24) is 4.90 Å². The molecule has 0 atom stereocenters. The van der Waals surface area contributed by atoms with Gasteiger partial charge in [-0.05, 0) is 43.0 Å². The summed E-state index contributed by atoms with van der Waals surface area (Å²) in [6, 6.07) is 5.34. The first kappa shape index (κ1) is 19.3. The van der Waals surface area contributed by atoms with E-state index in [1.54, 1.807) is 31.2 Å². The summed E-state index contributed by atoms with van der Waals surface area (Å²) in [4.78, 5) is 37.1. The van der Waals surface area contributed by atoms with Crippen LogP contribution in [0.3, 0.4) is 0 Å². The van der Waals surface area contributed by atoms with E-state index in [-0.39, 0.29) is 11.5 Å². The zero-order chi connectivity index (χ0) is 18.4. The van der Waals surface area contributed by atoms with Crippen LogP contribution in [0, 0.1) is 0 Å². The minimum atomic E-state index is -0.622. The van der Waals surface area contributed by atoms with Gasteiger partial charge < -0.3 is 9.47 Å². The fourth-order valence-electron chi connectivity index (χ4n) is 2.03. The third kappa shape index (κ3) is 4.96. The number of carbonyl (C=O) groups excluding carboxylic acids is 3. The third-order valence-electron chi connectivity index (χ3n) is 3.08. The lowest BCUT2D eigenvalue weighted by Gasteiger charge is -2.11. The monoisotopic (exact) mass is 425 g/mol. The molecule has 1 fully saturated rings. The van der Waals surface area contributed by atoms with Crippen molar-refractivity contribution in [2.24, 2.45) is 0 Å². The maximum atomic E-state index is 12.4. The smallest absolute Gasteiger partial charge is 0.326 e. The molecule has 1 aliphatic heterocycles. The van der Waals surface area contributed by atoms with E-state index in [0.717, 1.165) is 21.1 Å². The summed E-state index contributed by atoms with van der Waals surface area (Å²) < 4.78 is 11.1. The highest BCUT2D eigenvalue weighted by Crippen LogP contribution is 2.34. The zero-order valence-corrected chi connectivity index (χ0v) is 15.9. The summed E-state index contributed by atoms with van der Waals surface area (Å²) in [5.74, 6) is -0.596. The van der Waals surface area contributed by atoms with E-state index in [1.165, 1.54) is 0 Å². The average Bonchev–Trinajstić information content (AvgIpc) is 2.82. The van der Waals surface area contributed by atoms with E-state index >= 15 is 0 Å². The molecule has 1 aromatic carbocycles. The maximum absolute atomic E-state index is 12.4. The van der Waals surface area contributed by atoms with Crippen LogP contribution >= 0.6 is 27.7 Å². The van der Waals surface area contributed by atoms with Crippen molar-refractivity contribution in [2.75, 3.05) is 19.8 Å². The Kier molecular flexibility index (Phi) is 6.83. The van der Waals surface area contributed by atoms with Crippen molar-refractivity contribution in [3.05, 3.63) is 45.8 Å². The molecule has 1 aliphatic rings. The van der Waals surface area contributed by atoms with Crippen LogP contribution in [-0.2, 0) is 14.3 Å². The van der Waals surface area contributed by atoms with Crippen LogP contribution in [0.2, 0.25) is 0 Å². The van der Waals surface area contributed by atoms with Gasteiger partial charge in [0.05, 0.1) is 11.5 Å². The van der Waals surface area contributed by atoms with E-state index in [4.69, 9.17) is 9.47 Å². The molecule has 8 heteroatoms. The summed E-state index contributed by atoms with van der Waals surface area (Å²) in [6.07, 6.45) is 3.18. The fraction of sp³-hybridized carbons (Fsp3) is 0.235. The van der Waals surface area contributed by atoms with Gasteiger partial charge in [0.2, 0.25) is 0 Å². The fourth-order valence-corrected chi connectivity index (χ4v) is 3.23. The van der Waals surface area contributed by atoms with Gasteiger partial charge in [0, 0.05) is 10.0 Å². The predicted molar refractivity (Wildman–Crippen MR) is 99.1 cm³/mol. The lowest BCUT2D eigenvalue weighted by molar-refractivity contribution is -0.145. The molecule has 25 heavy (non-hydrogen) atoms. The van der Waals surface area contributed by atoms with Crippen LogP contribution in [-0.4, -0.2) is 41.8 Å². The molecule has 1 saturated heterocycles. The van der Waals surface area contributed by atoms with Crippen molar-refractivity contribution >= 4 is 50.9 Å². The van der Waals surface area contributed by atoms with Crippen LogP contribution in [0.4, 0.5) is 4.79 Å². The lowest BCUT2D eigenvalue weighted by Crippen LogP contribution is -2.34. The molecule has 0 saturated carbocycles. The normalized spacial score (nSPS) is 15.6. The number of halogens is 1. The minimum Gasteiger partial charge on any atom is -0.489 e. The highest BCUT2D eigenvalue weighted by Gasteiger charge is 2.36. The molecule has 6 nitrogen and oxygen atoms in total. The van der Waals surface area contributed by atoms with Crippen LogP contribution in [0.15, 0.2) is 40.2 Å². The molecule has 2 amide bonds. The van der Waals surface area contributed by atoms with Gasteiger partial charge in [-0.1, -0.05) is 28.6 Å². The third-order valence-corrected chi connectivity index (χ3v) is 4.48. The summed E-state index contributed by atoms with van der Waals surface area (Å²) in [5, 5.41) is -0.507. The lowest BCUT2D eigenvalue weighted by atomic mass is 10.2. The number of carbonyl (C=O) groups is 3. The number of esters is 1. The SMILES string of the molecule is C=CCOc1ccc(Br)cc1/C=C1/SC(=O)N(CC(=O)OCC)C1=O. The molecule has 0 aromatic heterocycles. The largest absolute Gasteiger partial charge is 0.489 e. The minimum absolute atomic E-state index is 0.187. The Balaban J connectivity index is 2.25. The molecule has 1 heterocycles. The molecule has 132 valence electrons. The van der Waals surface area contributed by atoms with Gasteiger partial charge in [0.15, 0.2) is 0 Å². The second-order valence-corrected chi connectivity index (χ2v) is 6.76. The highest BCUT2D eigenvalue weighted by atomic mass is 79.9. The van der Waals surface area contributed by atoms with Gasteiger partial charge in [-0.3, -0.25) is 19.3 Å². The molecular formula is C17H16BrNO5S. The number of rotatable bonds is 7. The second kappa shape index (κ2) is 8.87. The summed E-state index contributed by atoms with van der Waals surface area (Å²) in [5.41, 5.74) is 0.637. The Morgan fingerprint density at radius 1 is 1.40 bits per heavy atom. The summed E-state index contributed by atoms with van der Waals surface area (Å²) in [6.45, 7) is 5.36. The number of hydrogen-bond acceptors (Lipinski definition) is 6. The van der Waals surface area contributed by atoms with Gasteiger partial charge in [-0.15, -0.1) is 0 Å². The van der Waals surface area contributed by atoms with Crippen LogP contribution < -0.4 is 4.74 Å². The summed E-state index contributed by atoms with van der Waals surface area (Å²) >= 11 is 4.14. The van der Waals surface area contributed by atoms with Crippen molar-refractivity contribution < 1.29 is 23.9 Å². The number of hydrogen-bond donors (Lipinski definition) is 0. The number of benzene rings is 1. The van der Waals surface area contributed by atoms with E-state index in [9.17, 15) is 14.4 Å². The quantitative estimate of drug-likeness (QED) is 0.377. The number of amides is 2. The molecule has 0 radical (unpaired) electrons. The van der Waals surface area contributed by atoms with Crippen LogP contribution in [0.5, 0.6) is 5.75 Å². The van der Waals surface area contributed by atoms with Crippen molar-refractivity contribution in [3.63, 3.8) is 0 Å². The highest BCUT2D eigenvalue weighted by molar-refractivity contribution is 9.10. The molecule has 2 rings (SSSR count). The Hall–Kier alpha value is -2.06. The molecule has 0 spiro atoms. The Bertz CT molecular complexity index is 747. The molecule has 0 bridgehead atoms. The molecule has 0 N–H and O–H groups in total. The zero-order valence-electron chi connectivity index (χ0n) is 13.5. The number of thioether (sulfide) groups is 1. The van der Waals surface area contributed by atoms with Crippen LogP contribution in [0.1, 0.15) is 12.5 Å². The van der Waals surface area contributed by atoms with Gasteiger partial charge >= 0.3 is 5.97 Å². The standard InChI is InChI=1S/C17H16BrNO5S/c1-3-7-24-13-6-5-12(18)8-11(13)9-14-16(21)19(17(22)25-14)10-15(20)23-4-2/h3,5-6,8-9H,1,4,7,10H2,2H3/b14-9+. The van der Waals surface area contributed by atoms with Gasteiger partial charge in [-0.25, -0.2) is 0 Å². The van der Waals surface area contributed by atoms with Crippen LogP contribution in [0.25, 0.3) is 6.08 Å². The number of ether oxygens (including phenoxy) is 2. The van der Waals surface area contributed by atoms with E-state index in [1.807, 2.05) is 6.07 Å². The van der Waals surface area contributed by atoms with Crippen molar-refractivity contribution in [2.45, 2.75) is 6.92 Å².